The molecule has 0 saturated carbocycles. The minimum atomic E-state index is 0.104. The molecule has 2 heterocycles. The van der Waals surface area contributed by atoms with E-state index in [1.165, 1.54) is 0 Å². The van der Waals surface area contributed by atoms with Gasteiger partial charge in [0.05, 0.1) is 6.04 Å². The van der Waals surface area contributed by atoms with Gasteiger partial charge in [-0.15, -0.1) is 0 Å². The van der Waals surface area contributed by atoms with Crippen molar-refractivity contribution in [1.82, 2.24) is 15.0 Å². The Morgan fingerprint density at radius 2 is 2.05 bits per heavy atom. The average Bonchev–Trinajstić information content (AvgIpc) is 2.51. The number of nitrogens with zero attached hydrogens (tertiary/aromatic N) is 3. The Hall–Kier alpha value is -2.21. The van der Waals surface area contributed by atoms with E-state index < -0.39 is 0 Å². The number of hydrogen-bond donors (Lipinski definition) is 3. The molecule has 0 amide bonds. The van der Waals surface area contributed by atoms with Crippen LogP contribution in [0.25, 0.3) is 0 Å². The average molecular weight is 286 g/mol. The summed E-state index contributed by atoms with van der Waals surface area (Å²) in [7, 11) is 0. The second-order valence-electron chi connectivity index (χ2n) is 5.01. The largest absolute Gasteiger partial charge is 0.363 e. The summed E-state index contributed by atoms with van der Waals surface area (Å²) < 4.78 is 0. The zero-order valence-electron chi connectivity index (χ0n) is 12.7. The van der Waals surface area contributed by atoms with Gasteiger partial charge in [0, 0.05) is 24.4 Å². The highest BCUT2D eigenvalue weighted by atomic mass is 15.3. The fourth-order valence-electron chi connectivity index (χ4n) is 2.10. The first kappa shape index (κ1) is 15.2. The molecule has 112 valence electrons. The summed E-state index contributed by atoms with van der Waals surface area (Å²) in [6.07, 6.45) is 5.43. The molecule has 0 bridgehead atoms. The zero-order chi connectivity index (χ0) is 15.2. The number of pyridine rings is 1. The van der Waals surface area contributed by atoms with E-state index >= 15 is 0 Å². The molecular weight excluding hydrogens is 264 g/mol. The second-order valence-corrected chi connectivity index (χ2v) is 5.01. The summed E-state index contributed by atoms with van der Waals surface area (Å²) in [6, 6.07) is 4.07. The van der Waals surface area contributed by atoms with E-state index in [1.807, 2.05) is 25.3 Å². The summed E-state index contributed by atoms with van der Waals surface area (Å²) >= 11 is 0. The van der Waals surface area contributed by atoms with E-state index in [4.69, 9.17) is 5.84 Å². The number of anilines is 2. The molecule has 1 atom stereocenters. The third-order valence-electron chi connectivity index (χ3n) is 3.34. The number of nitrogens with two attached hydrogens (primary N) is 1. The van der Waals surface area contributed by atoms with Crippen LogP contribution in [0.15, 0.2) is 24.5 Å². The summed E-state index contributed by atoms with van der Waals surface area (Å²) in [5, 5.41) is 3.41. The van der Waals surface area contributed by atoms with Gasteiger partial charge in [-0.1, -0.05) is 13.0 Å². The Morgan fingerprint density at radius 1 is 1.29 bits per heavy atom. The van der Waals surface area contributed by atoms with Crippen molar-refractivity contribution in [2.24, 2.45) is 5.84 Å². The fraction of sp³-hybridized carbons (Fsp3) is 0.400. The van der Waals surface area contributed by atoms with E-state index in [2.05, 4.69) is 39.5 Å². The molecule has 0 aromatic carbocycles. The Kier molecular flexibility index (Phi) is 5.05. The van der Waals surface area contributed by atoms with Gasteiger partial charge in [-0.3, -0.25) is 4.98 Å². The van der Waals surface area contributed by atoms with Crippen LogP contribution in [0.3, 0.4) is 0 Å². The first-order valence-corrected chi connectivity index (χ1v) is 7.16. The van der Waals surface area contributed by atoms with Crippen LogP contribution in [0.1, 0.15) is 43.3 Å². The van der Waals surface area contributed by atoms with Crippen LogP contribution in [0.2, 0.25) is 0 Å². The minimum absolute atomic E-state index is 0.104. The van der Waals surface area contributed by atoms with E-state index in [0.29, 0.717) is 5.82 Å². The van der Waals surface area contributed by atoms with E-state index in [9.17, 15) is 0 Å². The highest BCUT2D eigenvalue weighted by molar-refractivity contribution is 5.57. The van der Waals surface area contributed by atoms with Crippen molar-refractivity contribution in [3.8, 4) is 0 Å². The van der Waals surface area contributed by atoms with Crippen molar-refractivity contribution in [2.45, 2.75) is 39.7 Å². The summed E-state index contributed by atoms with van der Waals surface area (Å²) in [5.41, 5.74) is 4.66. The van der Waals surface area contributed by atoms with Gasteiger partial charge in [-0.2, -0.15) is 0 Å². The predicted molar refractivity (Wildman–Crippen MR) is 84.8 cm³/mol. The van der Waals surface area contributed by atoms with Crippen LogP contribution >= 0.6 is 0 Å². The quantitative estimate of drug-likeness (QED) is 0.559. The first-order valence-electron chi connectivity index (χ1n) is 7.16. The molecule has 2 aromatic heterocycles. The highest BCUT2D eigenvalue weighted by Crippen LogP contribution is 2.24. The molecular formula is C15H22N6. The number of nitrogen functional groups attached to an aromatic ring is 1. The third kappa shape index (κ3) is 3.66. The van der Waals surface area contributed by atoms with Crippen molar-refractivity contribution in [3.63, 3.8) is 0 Å². The zero-order valence-corrected chi connectivity index (χ0v) is 12.7. The summed E-state index contributed by atoms with van der Waals surface area (Å²) in [4.78, 5) is 13.2. The molecule has 2 aromatic rings. The number of aromatic nitrogens is 3. The number of hydrogen-bond acceptors (Lipinski definition) is 6. The van der Waals surface area contributed by atoms with Crippen molar-refractivity contribution in [3.05, 3.63) is 41.5 Å². The van der Waals surface area contributed by atoms with Crippen LogP contribution in [0, 0.1) is 6.92 Å². The maximum absolute atomic E-state index is 5.55. The maximum atomic E-state index is 5.55. The van der Waals surface area contributed by atoms with E-state index in [-0.39, 0.29) is 6.04 Å². The third-order valence-corrected chi connectivity index (χ3v) is 3.34. The SMILES string of the molecule is CCCc1nc(NN)c(C)c(NC(C)c2cccnc2)n1. The number of nitrogens with one attached hydrogen (secondary N) is 2. The van der Waals surface area contributed by atoms with Gasteiger partial charge >= 0.3 is 0 Å². The Labute approximate surface area is 125 Å². The Morgan fingerprint density at radius 3 is 2.67 bits per heavy atom. The smallest absolute Gasteiger partial charge is 0.148 e. The lowest BCUT2D eigenvalue weighted by atomic mass is 10.1. The molecule has 0 aliphatic carbocycles. The van der Waals surface area contributed by atoms with Crippen LogP contribution in [0.5, 0.6) is 0 Å². The summed E-state index contributed by atoms with van der Waals surface area (Å²) in [5.74, 6) is 7.80. The molecule has 0 aliphatic heterocycles. The maximum Gasteiger partial charge on any atom is 0.148 e. The van der Waals surface area contributed by atoms with E-state index in [1.54, 1.807) is 6.20 Å². The van der Waals surface area contributed by atoms with Gasteiger partial charge in [-0.05, 0) is 31.9 Å². The summed E-state index contributed by atoms with van der Waals surface area (Å²) in [6.45, 7) is 6.13. The number of aryl methyl sites for hydroxylation is 1. The lowest BCUT2D eigenvalue weighted by molar-refractivity contribution is 0.813. The van der Waals surface area contributed by atoms with Gasteiger partial charge in [0.2, 0.25) is 0 Å². The first-order chi connectivity index (χ1) is 10.2. The molecule has 1 unspecified atom stereocenters. The van der Waals surface area contributed by atoms with Gasteiger partial charge in [0.1, 0.15) is 17.5 Å². The number of rotatable bonds is 6. The molecule has 0 fully saturated rings. The molecule has 6 heteroatoms. The molecule has 0 saturated heterocycles. The van der Waals surface area contributed by atoms with Gasteiger partial charge in [0.25, 0.3) is 0 Å². The van der Waals surface area contributed by atoms with Crippen LogP contribution in [-0.2, 0) is 6.42 Å². The van der Waals surface area contributed by atoms with Crippen molar-refractivity contribution < 1.29 is 0 Å². The lowest BCUT2D eigenvalue weighted by Gasteiger charge is -2.18. The normalized spacial score (nSPS) is 12.0. The predicted octanol–water partition coefficient (Wildman–Crippen LogP) is 2.59. The molecule has 6 nitrogen and oxygen atoms in total. The molecule has 0 spiro atoms. The van der Waals surface area contributed by atoms with E-state index in [0.717, 1.165) is 35.6 Å². The van der Waals surface area contributed by atoms with Crippen molar-refractivity contribution in [2.75, 3.05) is 10.7 Å². The fourth-order valence-corrected chi connectivity index (χ4v) is 2.10. The Balaban J connectivity index is 2.28. The van der Waals surface area contributed by atoms with Crippen LogP contribution < -0.4 is 16.6 Å². The van der Waals surface area contributed by atoms with Crippen molar-refractivity contribution in [1.29, 1.82) is 0 Å². The van der Waals surface area contributed by atoms with Crippen LogP contribution in [-0.4, -0.2) is 15.0 Å². The van der Waals surface area contributed by atoms with Gasteiger partial charge in [-0.25, -0.2) is 15.8 Å². The molecule has 21 heavy (non-hydrogen) atoms. The van der Waals surface area contributed by atoms with Crippen LogP contribution in [0.4, 0.5) is 11.6 Å². The lowest BCUT2D eigenvalue weighted by Crippen LogP contribution is -2.16. The van der Waals surface area contributed by atoms with Gasteiger partial charge < -0.3 is 10.7 Å². The standard InChI is InChI=1S/C15H22N6/c1-4-6-13-19-14(10(2)15(20-13)21-16)18-11(3)12-7-5-8-17-9-12/h5,7-9,11H,4,6,16H2,1-3H3,(H2,18,19,20,21). The monoisotopic (exact) mass is 286 g/mol. The van der Waals surface area contributed by atoms with Gasteiger partial charge in [0.15, 0.2) is 0 Å². The Bertz CT molecular complexity index is 584. The minimum Gasteiger partial charge on any atom is -0.363 e. The highest BCUT2D eigenvalue weighted by Gasteiger charge is 2.13. The molecule has 2 rings (SSSR count). The van der Waals surface area contributed by atoms with Crippen molar-refractivity contribution >= 4 is 11.6 Å². The molecule has 4 N–H and O–H groups in total. The second kappa shape index (κ2) is 6.99. The molecule has 0 aliphatic rings. The number of hydrazine groups is 1. The topological polar surface area (TPSA) is 88.8 Å². The molecule has 0 radical (unpaired) electrons.